The zero-order valence-corrected chi connectivity index (χ0v) is 21.8. The second-order valence-electron chi connectivity index (χ2n) is 9.68. The average molecular weight is 502 g/mol. The van der Waals surface area contributed by atoms with Crippen LogP contribution in [0.15, 0.2) is 18.2 Å². The van der Waals surface area contributed by atoms with Gasteiger partial charge in [0, 0.05) is 57.1 Å². The molecule has 10 heteroatoms. The maximum atomic E-state index is 12.0. The Morgan fingerprint density at radius 3 is 2.43 bits per heavy atom. The Bertz CT molecular complexity index is 1050. The predicted octanol–water partition coefficient (Wildman–Crippen LogP) is 3.32. The van der Waals surface area contributed by atoms with E-state index in [0.29, 0.717) is 17.4 Å². The highest BCUT2D eigenvalue weighted by Gasteiger charge is 2.28. The number of ether oxygens (including phenoxy) is 1. The molecule has 0 atom stereocenters. The monoisotopic (exact) mass is 501 g/mol. The van der Waals surface area contributed by atoms with Crippen molar-refractivity contribution in [3.05, 3.63) is 34.7 Å². The van der Waals surface area contributed by atoms with Crippen LogP contribution in [0, 0.1) is 0 Å². The zero-order chi connectivity index (χ0) is 25.1. The smallest absolute Gasteiger partial charge is 0.271 e. The van der Waals surface area contributed by atoms with Gasteiger partial charge in [-0.3, -0.25) is 9.69 Å². The van der Waals surface area contributed by atoms with Crippen LogP contribution in [0.25, 0.3) is 0 Å². The molecule has 0 saturated carbocycles. The minimum absolute atomic E-state index is 0.0157. The molecule has 9 nitrogen and oxygen atoms in total. The van der Waals surface area contributed by atoms with Crippen molar-refractivity contribution in [3.8, 4) is 5.75 Å². The van der Waals surface area contributed by atoms with Crippen molar-refractivity contribution < 1.29 is 9.53 Å². The van der Waals surface area contributed by atoms with Crippen molar-refractivity contribution in [1.82, 2.24) is 19.8 Å². The molecule has 1 amide bonds. The van der Waals surface area contributed by atoms with E-state index in [1.165, 1.54) is 0 Å². The SMILES string of the molecule is COc1cc(Nc2nc(Cl)c(C(C)C)nc2C(N)=O)ccc1N1CCC(N2CCN(C)CC2)CC1. The molecule has 0 spiro atoms. The van der Waals surface area contributed by atoms with Crippen molar-refractivity contribution in [2.75, 3.05) is 63.6 Å². The first-order chi connectivity index (χ1) is 16.8. The number of methoxy groups -OCH3 is 1. The van der Waals surface area contributed by atoms with Gasteiger partial charge in [0.2, 0.25) is 0 Å². The zero-order valence-electron chi connectivity index (χ0n) is 21.1. The van der Waals surface area contributed by atoms with Crippen molar-refractivity contribution >= 4 is 34.7 Å². The third-order valence-corrected chi connectivity index (χ3v) is 7.24. The molecule has 1 aromatic heterocycles. The molecule has 0 aliphatic carbocycles. The fourth-order valence-electron chi connectivity index (χ4n) is 4.87. The molecule has 2 fully saturated rings. The summed E-state index contributed by atoms with van der Waals surface area (Å²) < 4.78 is 5.73. The Morgan fingerprint density at radius 2 is 1.83 bits per heavy atom. The first-order valence-electron chi connectivity index (χ1n) is 12.3. The molecule has 0 radical (unpaired) electrons. The number of nitrogens with one attached hydrogen (secondary N) is 1. The maximum absolute atomic E-state index is 12.0. The topological polar surface area (TPSA) is 99.8 Å². The Morgan fingerprint density at radius 1 is 1.14 bits per heavy atom. The normalized spacial score (nSPS) is 18.2. The second kappa shape index (κ2) is 11.0. The first-order valence-corrected chi connectivity index (χ1v) is 12.6. The first kappa shape index (κ1) is 25.5. The molecule has 190 valence electrons. The Labute approximate surface area is 212 Å². The summed E-state index contributed by atoms with van der Waals surface area (Å²) in [6.07, 6.45) is 2.29. The van der Waals surface area contributed by atoms with Gasteiger partial charge in [-0.2, -0.15) is 0 Å². The summed E-state index contributed by atoms with van der Waals surface area (Å²) in [4.78, 5) is 28.2. The van der Waals surface area contributed by atoms with Crippen LogP contribution in [-0.2, 0) is 0 Å². The largest absolute Gasteiger partial charge is 0.495 e. The number of anilines is 3. The lowest BCUT2D eigenvalue weighted by molar-refractivity contribution is 0.0981. The summed E-state index contributed by atoms with van der Waals surface area (Å²) in [5.74, 6) is 0.341. The molecule has 2 saturated heterocycles. The number of halogens is 1. The molecule has 2 aromatic rings. The number of carbonyl (C=O) groups is 1. The van der Waals surface area contributed by atoms with Crippen LogP contribution in [0.2, 0.25) is 5.15 Å². The average Bonchev–Trinajstić information content (AvgIpc) is 2.84. The third-order valence-electron chi connectivity index (χ3n) is 6.96. The molecule has 3 heterocycles. The number of likely N-dealkylation sites (N-methyl/N-ethyl adjacent to an activating group) is 1. The lowest BCUT2D eigenvalue weighted by Crippen LogP contribution is -2.52. The molecular formula is C25H36ClN7O2. The standard InChI is InChI=1S/C25H36ClN7O2/c1-16(2)21-23(26)30-25(22(29-21)24(27)34)28-17-5-6-19(20(15-17)35-4)33-9-7-18(8-10-33)32-13-11-31(3)12-14-32/h5-6,15-16,18H,7-14H2,1-4H3,(H2,27,34)(H,28,30). The van der Waals surface area contributed by atoms with E-state index in [1.807, 2.05) is 32.0 Å². The number of rotatable bonds is 7. The van der Waals surface area contributed by atoms with Crippen LogP contribution in [0.3, 0.4) is 0 Å². The molecule has 35 heavy (non-hydrogen) atoms. The summed E-state index contributed by atoms with van der Waals surface area (Å²) in [6, 6.07) is 6.54. The van der Waals surface area contributed by atoms with Crippen molar-refractivity contribution in [3.63, 3.8) is 0 Å². The predicted molar refractivity (Wildman–Crippen MR) is 140 cm³/mol. The highest BCUT2D eigenvalue weighted by Crippen LogP contribution is 2.35. The number of amides is 1. The van der Waals surface area contributed by atoms with E-state index in [9.17, 15) is 4.79 Å². The van der Waals surface area contributed by atoms with E-state index >= 15 is 0 Å². The molecule has 2 aliphatic heterocycles. The van der Waals surface area contributed by atoms with Crippen LogP contribution in [0.1, 0.15) is 48.8 Å². The number of nitrogens with zero attached hydrogens (tertiary/aromatic N) is 5. The summed E-state index contributed by atoms with van der Waals surface area (Å²) in [6.45, 7) is 10.5. The Hall–Kier alpha value is -2.62. The van der Waals surface area contributed by atoms with Gasteiger partial charge in [0.15, 0.2) is 16.7 Å². The number of carbonyl (C=O) groups excluding carboxylic acids is 1. The molecule has 2 aliphatic rings. The highest BCUT2D eigenvalue weighted by molar-refractivity contribution is 6.30. The van der Waals surface area contributed by atoms with Gasteiger partial charge in [-0.15, -0.1) is 0 Å². The molecule has 0 bridgehead atoms. The number of hydrogen-bond donors (Lipinski definition) is 2. The summed E-state index contributed by atoms with van der Waals surface area (Å²) in [5.41, 5.74) is 7.95. The van der Waals surface area contributed by atoms with Gasteiger partial charge in [-0.1, -0.05) is 25.4 Å². The van der Waals surface area contributed by atoms with Crippen LogP contribution in [-0.4, -0.2) is 85.1 Å². The molecule has 3 N–H and O–H groups in total. The van der Waals surface area contributed by atoms with E-state index < -0.39 is 5.91 Å². The van der Waals surface area contributed by atoms with E-state index in [4.69, 9.17) is 22.1 Å². The van der Waals surface area contributed by atoms with Crippen molar-refractivity contribution in [2.24, 2.45) is 5.73 Å². The quantitative estimate of drug-likeness (QED) is 0.596. The molecule has 1 aromatic carbocycles. The van der Waals surface area contributed by atoms with Crippen LogP contribution in [0.5, 0.6) is 5.75 Å². The number of aromatic nitrogens is 2. The highest BCUT2D eigenvalue weighted by atomic mass is 35.5. The van der Waals surface area contributed by atoms with Gasteiger partial charge >= 0.3 is 0 Å². The number of hydrogen-bond acceptors (Lipinski definition) is 8. The Balaban J connectivity index is 1.48. The van der Waals surface area contributed by atoms with Gasteiger partial charge in [0.1, 0.15) is 5.75 Å². The molecule has 4 rings (SSSR count). The van der Waals surface area contributed by atoms with Crippen LogP contribution < -0.4 is 20.7 Å². The lowest BCUT2D eigenvalue weighted by Gasteiger charge is -2.42. The fourth-order valence-corrected chi connectivity index (χ4v) is 5.21. The van der Waals surface area contributed by atoms with Gasteiger partial charge in [-0.25, -0.2) is 9.97 Å². The van der Waals surface area contributed by atoms with E-state index in [-0.39, 0.29) is 22.6 Å². The van der Waals surface area contributed by atoms with E-state index in [2.05, 4.69) is 37.0 Å². The minimum Gasteiger partial charge on any atom is -0.495 e. The number of piperidine rings is 1. The summed E-state index contributed by atoms with van der Waals surface area (Å²) in [7, 11) is 3.86. The number of piperazine rings is 1. The second-order valence-corrected chi connectivity index (χ2v) is 10.0. The van der Waals surface area contributed by atoms with Gasteiger partial charge < -0.3 is 25.6 Å². The number of benzene rings is 1. The van der Waals surface area contributed by atoms with Crippen LogP contribution >= 0.6 is 11.6 Å². The van der Waals surface area contributed by atoms with Gasteiger partial charge in [-0.05, 0) is 37.9 Å². The van der Waals surface area contributed by atoms with Crippen molar-refractivity contribution in [2.45, 2.75) is 38.6 Å². The number of primary amides is 1. The summed E-state index contributed by atoms with van der Waals surface area (Å²) >= 11 is 6.32. The number of nitrogens with two attached hydrogens (primary N) is 1. The Kier molecular flexibility index (Phi) is 7.98. The minimum atomic E-state index is -0.662. The van der Waals surface area contributed by atoms with E-state index in [1.54, 1.807) is 7.11 Å². The lowest BCUT2D eigenvalue weighted by atomic mass is 10.0. The molecule has 0 unspecified atom stereocenters. The third kappa shape index (κ3) is 5.79. The maximum Gasteiger partial charge on any atom is 0.271 e. The van der Waals surface area contributed by atoms with Crippen LogP contribution in [0.4, 0.5) is 17.2 Å². The van der Waals surface area contributed by atoms with Gasteiger partial charge in [0.25, 0.3) is 5.91 Å². The molecular weight excluding hydrogens is 466 g/mol. The van der Waals surface area contributed by atoms with Crippen molar-refractivity contribution in [1.29, 1.82) is 0 Å². The van der Waals surface area contributed by atoms with E-state index in [0.717, 1.165) is 63.5 Å². The fraction of sp³-hybridized carbons (Fsp3) is 0.560. The summed E-state index contributed by atoms with van der Waals surface area (Å²) in [5, 5.41) is 3.40. The van der Waals surface area contributed by atoms with Gasteiger partial charge in [0.05, 0.1) is 18.5 Å².